The standard InChI is InChI=1S/C31H28N2O8/c34-14-30-11-9-20(40-30)22-24(30)28(38)32(26(22)36)18-5-1-16(2-6-18)13-17-3-7-19(8-4-17)33-27(37)23-21-10-12-31(15-35,41-21)25(23)29(33)39/h1-12,20-26,34-36H,13-15H2. The highest BCUT2D eigenvalue weighted by Crippen LogP contribution is 2.54. The minimum atomic E-state index is -1.12. The summed E-state index contributed by atoms with van der Waals surface area (Å²) in [6.45, 7) is -0.671. The van der Waals surface area contributed by atoms with Gasteiger partial charge in [-0.2, -0.15) is 0 Å². The molecule has 210 valence electrons. The maximum absolute atomic E-state index is 13.3. The van der Waals surface area contributed by atoms with E-state index < -0.39 is 53.3 Å². The second-order valence-corrected chi connectivity index (χ2v) is 11.8. The van der Waals surface area contributed by atoms with E-state index in [-0.39, 0.29) is 30.9 Å². The average Bonchev–Trinajstić information content (AvgIpc) is 3.82. The molecule has 0 radical (unpaired) electrons. The van der Waals surface area contributed by atoms with Gasteiger partial charge in [0.05, 0.1) is 48.9 Å². The van der Waals surface area contributed by atoms with E-state index in [9.17, 15) is 29.7 Å². The molecule has 0 aliphatic carbocycles. The molecule has 10 nitrogen and oxygen atoms in total. The van der Waals surface area contributed by atoms with Crippen LogP contribution >= 0.6 is 0 Å². The molecule has 2 aromatic carbocycles. The monoisotopic (exact) mass is 556 g/mol. The second-order valence-electron chi connectivity index (χ2n) is 11.8. The lowest BCUT2D eigenvalue weighted by molar-refractivity contribution is -0.128. The minimum Gasteiger partial charge on any atom is -0.393 e. The molecule has 4 saturated heterocycles. The molecule has 2 aromatic rings. The maximum atomic E-state index is 13.3. The summed E-state index contributed by atoms with van der Waals surface area (Å²) < 4.78 is 11.6. The molecule has 3 N–H and O–H groups in total. The summed E-state index contributed by atoms with van der Waals surface area (Å²) in [4.78, 5) is 42.4. The summed E-state index contributed by atoms with van der Waals surface area (Å²) in [5, 5.41) is 30.9. The SMILES string of the molecule is O=C1C2C3C=CC(CO)(O3)C2C(=O)N1c1ccc(Cc2ccc(N3C(=O)C4C(C5C=CC4(CO)O5)C3O)cc2)cc1. The van der Waals surface area contributed by atoms with Crippen molar-refractivity contribution in [2.75, 3.05) is 23.0 Å². The molecular formula is C31H28N2O8. The summed E-state index contributed by atoms with van der Waals surface area (Å²) in [6, 6.07) is 14.6. The number of nitrogens with zero attached hydrogens (tertiary/aromatic N) is 2. The Labute approximate surface area is 235 Å². The van der Waals surface area contributed by atoms with Gasteiger partial charge >= 0.3 is 0 Å². The summed E-state index contributed by atoms with van der Waals surface area (Å²) >= 11 is 0. The number of carbonyl (C=O) groups excluding carboxylic acids is 3. The van der Waals surface area contributed by atoms with Crippen molar-refractivity contribution < 1.29 is 39.2 Å². The van der Waals surface area contributed by atoms with Gasteiger partial charge in [0.25, 0.3) is 0 Å². The van der Waals surface area contributed by atoms with E-state index >= 15 is 0 Å². The quantitative estimate of drug-likeness (QED) is 0.349. The number of ether oxygens (including phenoxy) is 2. The van der Waals surface area contributed by atoms with Gasteiger partial charge in [-0.1, -0.05) is 48.6 Å². The Balaban J connectivity index is 0.973. The van der Waals surface area contributed by atoms with Crippen LogP contribution in [0.3, 0.4) is 0 Å². The third-order valence-corrected chi connectivity index (χ3v) is 9.79. The van der Waals surface area contributed by atoms with Crippen LogP contribution < -0.4 is 9.80 Å². The van der Waals surface area contributed by atoms with Crippen LogP contribution in [0.25, 0.3) is 0 Å². The normalized spacial score (nSPS) is 39.5. The first kappa shape index (κ1) is 25.1. The topological polar surface area (TPSA) is 137 Å². The predicted molar refractivity (Wildman–Crippen MR) is 143 cm³/mol. The summed E-state index contributed by atoms with van der Waals surface area (Å²) in [7, 11) is 0. The number of anilines is 2. The van der Waals surface area contributed by atoms with Gasteiger partial charge in [0.15, 0.2) is 0 Å². The molecule has 8 rings (SSSR count). The van der Waals surface area contributed by atoms with Crippen LogP contribution in [0.2, 0.25) is 0 Å². The van der Waals surface area contributed by atoms with E-state index in [1.54, 1.807) is 42.5 Å². The first-order chi connectivity index (χ1) is 19.8. The Morgan fingerprint density at radius 2 is 1.27 bits per heavy atom. The number of aliphatic hydroxyl groups is 3. The Bertz CT molecular complexity index is 1540. The first-order valence-electron chi connectivity index (χ1n) is 13.8. The van der Waals surface area contributed by atoms with Crippen LogP contribution in [0.15, 0.2) is 72.8 Å². The Hall–Kier alpha value is -3.67. The molecule has 4 bridgehead atoms. The van der Waals surface area contributed by atoms with Gasteiger partial charge in [-0.05, 0) is 41.8 Å². The molecule has 6 heterocycles. The van der Waals surface area contributed by atoms with Gasteiger partial charge in [0.1, 0.15) is 17.4 Å². The highest BCUT2D eigenvalue weighted by Gasteiger charge is 2.68. The third-order valence-electron chi connectivity index (χ3n) is 9.79. The maximum Gasteiger partial charge on any atom is 0.241 e. The van der Waals surface area contributed by atoms with Crippen LogP contribution in [-0.2, 0) is 30.3 Å². The second kappa shape index (κ2) is 8.43. The van der Waals surface area contributed by atoms with E-state index in [1.807, 2.05) is 30.3 Å². The van der Waals surface area contributed by atoms with Crippen molar-refractivity contribution in [1.29, 1.82) is 0 Å². The van der Waals surface area contributed by atoms with Crippen molar-refractivity contribution in [3.8, 4) is 0 Å². The number of hydrogen-bond donors (Lipinski definition) is 3. The molecule has 9 unspecified atom stereocenters. The van der Waals surface area contributed by atoms with Crippen molar-refractivity contribution >= 4 is 29.1 Å². The lowest BCUT2D eigenvalue weighted by Crippen LogP contribution is -2.43. The Morgan fingerprint density at radius 3 is 1.90 bits per heavy atom. The van der Waals surface area contributed by atoms with Crippen LogP contribution in [-0.4, -0.2) is 75.9 Å². The summed E-state index contributed by atoms with van der Waals surface area (Å²) in [5.41, 5.74) is 0.819. The number of carbonyl (C=O) groups is 3. The van der Waals surface area contributed by atoms with Crippen molar-refractivity contribution in [1.82, 2.24) is 0 Å². The first-order valence-corrected chi connectivity index (χ1v) is 13.8. The van der Waals surface area contributed by atoms with E-state index in [1.165, 1.54) is 9.80 Å². The van der Waals surface area contributed by atoms with Gasteiger partial charge < -0.3 is 24.8 Å². The lowest BCUT2D eigenvalue weighted by Gasteiger charge is -2.27. The van der Waals surface area contributed by atoms with E-state index in [4.69, 9.17) is 9.47 Å². The molecule has 6 aliphatic heterocycles. The number of amides is 3. The van der Waals surface area contributed by atoms with Crippen LogP contribution in [0.1, 0.15) is 11.1 Å². The molecule has 9 atom stereocenters. The zero-order valence-corrected chi connectivity index (χ0v) is 21.9. The van der Waals surface area contributed by atoms with E-state index in [2.05, 4.69) is 0 Å². The minimum absolute atomic E-state index is 0.262. The molecule has 0 aromatic heterocycles. The fourth-order valence-corrected chi connectivity index (χ4v) is 7.84. The van der Waals surface area contributed by atoms with Crippen LogP contribution in [0, 0.1) is 23.7 Å². The van der Waals surface area contributed by atoms with Crippen molar-refractivity contribution in [2.45, 2.75) is 36.1 Å². The summed E-state index contributed by atoms with van der Waals surface area (Å²) in [5.74, 6) is -3.32. The van der Waals surface area contributed by atoms with Gasteiger partial charge in [-0.15, -0.1) is 0 Å². The Kier molecular flexibility index (Phi) is 5.16. The molecule has 0 saturated carbocycles. The fraction of sp³-hybridized carbons (Fsp3) is 0.387. The van der Waals surface area contributed by atoms with E-state index in [0.717, 1.165) is 11.1 Å². The van der Waals surface area contributed by atoms with Crippen molar-refractivity contribution in [3.05, 3.63) is 84.0 Å². The molecule has 4 fully saturated rings. The molecule has 3 amide bonds. The molecule has 41 heavy (non-hydrogen) atoms. The Morgan fingerprint density at radius 1 is 0.707 bits per heavy atom. The molecule has 6 aliphatic rings. The van der Waals surface area contributed by atoms with Crippen LogP contribution in [0.4, 0.5) is 11.4 Å². The van der Waals surface area contributed by atoms with Crippen molar-refractivity contribution in [3.63, 3.8) is 0 Å². The number of fused-ring (bicyclic) bond motifs is 10. The number of aliphatic hydroxyl groups excluding tert-OH is 3. The number of rotatable bonds is 6. The van der Waals surface area contributed by atoms with Crippen LogP contribution in [0.5, 0.6) is 0 Å². The number of benzene rings is 2. The molecular weight excluding hydrogens is 528 g/mol. The van der Waals surface area contributed by atoms with Gasteiger partial charge in [0, 0.05) is 11.6 Å². The zero-order chi connectivity index (χ0) is 28.3. The van der Waals surface area contributed by atoms with Gasteiger partial charge in [-0.3, -0.25) is 19.3 Å². The molecule has 10 heteroatoms. The predicted octanol–water partition coefficient (Wildman–Crippen LogP) is 0.680. The smallest absolute Gasteiger partial charge is 0.241 e. The van der Waals surface area contributed by atoms with Gasteiger partial charge in [-0.25, -0.2) is 4.90 Å². The largest absolute Gasteiger partial charge is 0.393 e. The summed E-state index contributed by atoms with van der Waals surface area (Å²) in [6.07, 6.45) is 5.65. The van der Waals surface area contributed by atoms with E-state index in [0.29, 0.717) is 17.8 Å². The van der Waals surface area contributed by atoms with Crippen molar-refractivity contribution in [2.24, 2.45) is 23.7 Å². The van der Waals surface area contributed by atoms with Gasteiger partial charge in [0.2, 0.25) is 17.7 Å². The zero-order valence-electron chi connectivity index (χ0n) is 21.9. The third kappa shape index (κ3) is 3.16. The number of hydrogen-bond acceptors (Lipinski definition) is 8. The average molecular weight is 557 g/mol. The lowest BCUT2D eigenvalue weighted by atomic mass is 9.77. The molecule has 0 spiro atoms. The highest BCUT2D eigenvalue weighted by molar-refractivity contribution is 6.23. The highest BCUT2D eigenvalue weighted by atomic mass is 16.5. The number of imide groups is 1. The fourth-order valence-electron chi connectivity index (χ4n) is 7.84.